The Kier molecular flexibility index (Phi) is 5.08. The number of thioether (sulfide) groups is 1. The van der Waals surface area contributed by atoms with Gasteiger partial charge < -0.3 is 4.42 Å². The first kappa shape index (κ1) is 19.6. The van der Waals surface area contributed by atoms with E-state index in [4.69, 9.17) is 9.40 Å². The Balaban J connectivity index is 1.64. The third-order valence-corrected chi connectivity index (χ3v) is 6.37. The summed E-state index contributed by atoms with van der Waals surface area (Å²) in [5.74, 6) is 0.505. The van der Waals surface area contributed by atoms with E-state index in [0.717, 1.165) is 28.1 Å². The molecule has 0 saturated heterocycles. The summed E-state index contributed by atoms with van der Waals surface area (Å²) in [6, 6.07) is 20.8. The molecule has 0 N–H and O–H groups in total. The number of aromatic nitrogens is 2. The Hall–Kier alpha value is -3.38. The minimum atomic E-state index is -0.379. The van der Waals surface area contributed by atoms with Crippen molar-refractivity contribution >= 4 is 44.4 Å². The molecule has 0 bridgehead atoms. The summed E-state index contributed by atoms with van der Waals surface area (Å²) in [6.45, 7) is 2.64. The third-order valence-electron chi connectivity index (χ3n) is 5.35. The van der Waals surface area contributed by atoms with Gasteiger partial charge in [0.05, 0.1) is 10.9 Å². The van der Waals surface area contributed by atoms with Gasteiger partial charge >= 0.3 is 5.63 Å². The van der Waals surface area contributed by atoms with Gasteiger partial charge in [-0.2, -0.15) is 0 Å². The second-order valence-electron chi connectivity index (χ2n) is 7.41. The van der Waals surface area contributed by atoms with Gasteiger partial charge in [-0.3, -0.25) is 9.36 Å². The zero-order valence-electron chi connectivity index (χ0n) is 17.0. The topological polar surface area (TPSA) is 65.1 Å². The van der Waals surface area contributed by atoms with Crippen LogP contribution >= 0.6 is 11.8 Å². The molecule has 5 aromatic rings. The first-order valence-corrected chi connectivity index (χ1v) is 11.2. The normalized spacial score (nSPS) is 11.5. The molecule has 3 aromatic carbocycles. The van der Waals surface area contributed by atoms with Crippen LogP contribution in [0.4, 0.5) is 0 Å². The highest BCUT2D eigenvalue weighted by Crippen LogP contribution is 2.31. The van der Waals surface area contributed by atoms with Gasteiger partial charge in [-0.1, -0.05) is 61.2 Å². The van der Waals surface area contributed by atoms with Gasteiger partial charge in [-0.15, -0.1) is 0 Å². The first-order valence-electron chi connectivity index (χ1n) is 10.2. The molecule has 0 aliphatic heterocycles. The number of hydrogen-bond acceptors (Lipinski definition) is 5. The van der Waals surface area contributed by atoms with Crippen LogP contribution in [-0.4, -0.2) is 9.55 Å². The fourth-order valence-corrected chi connectivity index (χ4v) is 4.96. The quantitative estimate of drug-likeness (QED) is 0.163. The van der Waals surface area contributed by atoms with E-state index in [-0.39, 0.29) is 11.2 Å². The van der Waals surface area contributed by atoms with Crippen molar-refractivity contribution in [1.82, 2.24) is 9.55 Å². The molecule has 0 aliphatic rings. The zero-order valence-corrected chi connectivity index (χ0v) is 17.8. The van der Waals surface area contributed by atoms with Crippen molar-refractivity contribution in [1.29, 1.82) is 0 Å². The summed E-state index contributed by atoms with van der Waals surface area (Å²) >= 11 is 1.47. The van der Waals surface area contributed by atoms with E-state index in [2.05, 4.69) is 0 Å². The van der Waals surface area contributed by atoms with Crippen LogP contribution in [0.2, 0.25) is 0 Å². The monoisotopic (exact) mass is 428 g/mol. The van der Waals surface area contributed by atoms with E-state index in [1.54, 1.807) is 10.6 Å². The van der Waals surface area contributed by atoms with Crippen molar-refractivity contribution in [2.24, 2.45) is 0 Å². The minimum absolute atomic E-state index is 0.0298. The maximum Gasteiger partial charge on any atom is 0.336 e. The van der Waals surface area contributed by atoms with Crippen molar-refractivity contribution in [2.45, 2.75) is 30.8 Å². The van der Waals surface area contributed by atoms with Crippen molar-refractivity contribution in [2.75, 3.05) is 0 Å². The molecular formula is C25H20N2O3S. The lowest BCUT2D eigenvalue weighted by Crippen LogP contribution is -2.23. The summed E-state index contributed by atoms with van der Waals surface area (Å²) in [6.07, 6.45) is 0.829. The molecular weight excluding hydrogens is 408 g/mol. The molecule has 0 spiro atoms. The lowest BCUT2D eigenvalue weighted by molar-refractivity contribution is 0.560. The average Bonchev–Trinajstić information content (AvgIpc) is 2.79. The van der Waals surface area contributed by atoms with Gasteiger partial charge in [0.25, 0.3) is 5.56 Å². The van der Waals surface area contributed by atoms with E-state index in [9.17, 15) is 9.59 Å². The molecule has 2 heterocycles. The number of fused-ring (bicyclic) bond motifs is 4. The predicted molar refractivity (Wildman–Crippen MR) is 126 cm³/mol. The standard InChI is InChI=1S/C25H20N2O3S/c1-2-13-27-24(29)19-9-5-6-10-20(19)26-25(27)31-15-17-14-22(28)30-21-12-11-16-7-3-4-8-18(16)23(17)21/h3-12,14H,2,13,15H2,1H3. The maximum absolute atomic E-state index is 13.0. The van der Waals surface area contributed by atoms with Crippen LogP contribution in [0, 0.1) is 0 Å². The summed E-state index contributed by atoms with van der Waals surface area (Å²) in [7, 11) is 0. The molecule has 0 amide bonds. The van der Waals surface area contributed by atoms with Crippen LogP contribution in [-0.2, 0) is 12.3 Å². The zero-order chi connectivity index (χ0) is 21.4. The lowest BCUT2D eigenvalue weighted by Gasteiger charge is -2.13. The van der Waals surface area contributed by atoms with Crippen LogP contribution in [0.15, 0.2) is 85.9 Å². The van der Waals surface area contributed by atoms with Crippen LogP contribution in [0.3, 0.4) is 0 Å². The van der Waals surface area contributed by atoms with Crippen molar-refractivity contribution in [3.05, 3.63) is 93.1 Å². The highest BCUT2D eigenvalue weighted by atomic mass is 32.2. The SMILES string of the molecule is CCCn1c(SCc2cc(=O)oc3ccc4ccccc4c23)nc2ccccc2c1=O. The summed E-state index contributed by atoms with van der Waals surface area (Å²) in [4.78, 5) is 30.0. The largest absolute Gasteiger partial charge is 0.423 e. The molecule has 154 valence electrons. The van der Waals surface area contributed by atoms with Crippen LogP contribution in [0.5, 0.6) is 0 Å². The third kappa shape index (κ3) is 3.53. The molecule has 0 unspecified atom stereocenters. The van der Waals surface area contributed by atoms with Crippen molar-refractivity contribution < 1.29 is 4.42 Å². The smallest absolute Gasteiger partial charge is 0.336 e. The number of hydrogen-bond donors (Lipinski definition) is 0. The van der Waals surface area contributed by atoms with Crippen LogP contribution < -0.4 is 11.2 Å². The van der Waals surface area contributed by atoms with E-state index in [1.165, 1.54) is 11.8 Å². The van der Waals surface area contributed by atoms with Gasteiger partial charge in [0.15, 0.2) is 5.16 Å². The first-order chi connectivity index (χ1) is 15.2. The molecule has 0 radical (unpaired) electrons. The summed E-state index contributed by atoms with van der Waals surface area (Å²) < 4.78 is 7.20. The van der Waals surface area contributed by atoms with Crippen LogP contribution in [0.1, 0.15) is 18.9 Å². The maximum atomic E-state index is 13.0. The number of rotatable bonds is 5. The summed E-state index contributed by atoms with van der Waals surface area (Å²) in [5, 5.41) is 4.33. The highest BCUT2D eigenvalue weighted by Gasteiger charge is 2.14. The van der Waals surface area contributed by atoms with Gasteiger partial charge in [0.1, 0.15) is 5.58 Å². The average molecular weight is 429 g/mol. The van der Waals surface area contributed by atoms with Crippen LogP contribution in [0.25, 0.3) is 32.6 Å². The van der Waals surface area contributed by atoms with Crippen molar-refractivity contribution in [3.8, 4) is 0 Å². The molecule has 5 rings (SSSR count). The van der Waals surface area contributed by atoms with E-state index < -0.39 is 0 Å². The molecule has 0 aliphatic carbocycles. The van der Waals surface area contributed by atoms with Gasteiger partial charge in [0, 0.05) is 23.8 Å². The molecule has 0 saturated carbocycles. The Morgan fingerprint density at radius 2 is 1.74 bits per heavy atom. The van der Waals surface area contributed by atoms with E-state index >= 15 is 0 Å². The Bertz CT molecular complexity index is 1550. The molecule has 5 nitrogen and oxygen atoms in total. The fraction of sp³-hybridized carbons (Fsp3) is 0.160. The van der Waals surface area contributed by atoms with Gasteiger partial charge in [-0.25, -0.2) is 9.78 Å². The second kappa shape index (κ2) is 8.04. The minimum Gasteiger partial charge on any atom is -0.423 e. The van der Waals surface area contributed by atoms with Crippen molar-refractivity contribution in [3.63, 3.8) is 0 Å². The fourth-order valence-electron chi connectivity index (χ4n) is 3.95. The van der Waals surface area contributed by atoms with Gasteiger partial charge in [0.2, 0.25) is 0 Å². The number of benzene rings is 3. The molecule has 2 aromatic heterocycles. The summed E-state index contributed by atoms with van der Waals surface area (Å²) in [5.41, 5.74) is 1.72. The lowest BCUT2D eigenvalue weighted by atomic mass is 10.0. The predicted octanol–water partition coefficient (Wildman–Crippen LogP) is 5.36. The molecule has 0 fully saturated rings. The highest BCUT2D eigenvalue weighted by molar-refractivity contribution is 7.98. The molecule has 0 atom stereocenters. The number of nitrogens with zero attached hydrogens (tertiary/aromatic N) is 2. The number of para-hydroxylation sites is 1. The second-order valence-corrected chi connectivity index (χ2v) is 8.35. The van der Waals surface area contributed by atoms with E-state index in [1.807, 2.05) is 67.6 Å². The Morgan fingerprint density at radius 3 is 2.58 bits per heavy atom. The van der Waals surface area contributed by atoms with E-state index in [0.29, 0.717) is 33.9 Å². The van der Waals surface area contributed by atoms with Gasteiger partial charge in [-0.05, 0) is 41.0 Å². The Morgan fingerprint density at radius 1 is 0.968 bits per heavy atom. The molecule has 6 heteroatoms. The molecule has 31 heavy (non-hydrogen) atoms. The Labute approximate surface area is 182 Å².